The molecule has 5 nitrogen and oxygen atoms in total. The molecule has 0 spiro atoms. The Morgan fingerprint density at radius 2 is 2.10 bits per heavy atom. The number of hydrogen-bond donors (Lipinski definition) is 0. The van der Waals surface area contributed by atoms with Gasteiger partial charge in [0.1, 0.15) is 5.69 Å². The number of hydrogen-bond acceptors (Lipinski definition) is 4. The second kappa shape index (κ2) is 4.82. The van der Waals surface area contributed by atoms with E-state index in [2.05, 4.69) is 14.8 Å². The van der Waals surface area contributed by atoms with E-state index in [9.17, 15) is 4.79 Å². The third-order valence-corrected chi connectivity index (χ3v) is 3.29. The van der Waals surface area contributed by atoms with Crippen molar-refractivity contribution >= 4 is 23.0 Å². The maximum atomic E-state index is 12.6. The van der Waals surface area contributed by atoms with Crippen molar-refractivity contribution in [3.05, 3.63) is 63.9 Å². The van der Waals surface area contributed by atoms with Crippen molar-refractivity contribution in [2.24, 2.45) is 0 Å². The van der Waals surface area contributed by atoms with Crippen molar-refractivity contribution < 1.29 is 4.79 Å². The number of carbonyl (C=O) groups is 1. The zero-order chi connectivity index (χ0) is 15.0. The van der Waals surface area contributed by atoms with E-state index in [0.29, 0.717) is 27.5 Å². The van der Waals surface area contributed by atoms with Crippen molar-refractivity contribution in [2.75, 3.05) is 0 Å². The van der Waals surface area contributed by atoms with Gasteiger partial charge in [0.25, 0.3) is 5.70 Å². The molecule has 0 atom stereocenters. The number of fused-ring (bicyclic) bond motifs is 3. The predicted octanol–water partition coefficient (Wildman–Crippen LogP) is 3.15. The molecular formula is C15H5ClN4O. The molecule has 0 bridgehead atoms. The van der Waals surface area contributed by atoms with E-state index >= 15 is 0 Å². The first kappa shape index (κ1) is 13.0. The van der Waals surface area contributed by atoms with Crippen molar-refractivity contribution in [3.63, 3.8) is 0 Å². The fraction of sp³-hybridized carbons (Fsp3) is 0. The summed E-state index contributed by atoms with van der Waals surface area (Å²) in [6.07, 6.45) is 3.00. The van der Waals surface area contributed by atoms with Crippen molar-refractivity contribution in [3.8, 4) is 17.5 Å². The number of nitriles is 1. The van der Waals surface area contributed by atoms with Gasteiger partial charge in [-0.2, -0.15) is 0 Å². The van der Waals surface area contributed by atoms with Gasteiger partial charge in [-0.1, -0.05) is 11.6 Å². The van der Waals surface area contributed by atoms with Crippen LogP contribution in [0.5, 0.6) is 0 Å². The lowest BCUT2D eigenvalue weighted by molar-refractivity contribution is 0.105. The van der Waals surface area contributed by atoms with Crippen LogP contribution in [0.1, 0.15) is 15.9 Å². The van der Waals surface area contributed by atoms with Crippen LogP contribution in [0.25, 0.3) is 21.8 Å². The maximum Gasteiger partial charge on any atom is 0.273 e. The van der Waals surface area contributed by atoms with Crippen LogP contribution in [0.3, 0.4) is 0 Å². The van der Waals surface area contributed by atoms with Gasteiger partial charge in [-0.05, 0) is 18.2 Å². The zero-order valence-electron chi connectivity index (χ0n) is 10.5. The Labute approximate surface area is 125 Å². The number of ketones is 1. The molecule has 21 heavy (non-hydrogen) atoms. The van der Waals surface area contributed by atoms with Gasteiger partial charge < -0.3 is 0 Å². The fourth-order valence-corrected chi connectivity index (χ4v) is 2.38. The van der Waals surface area contributed by atoms with E-state index in [1.54, 1.807) is 24.4 Å². The van der Waals surface area contributed by atoms with Gasteiger partial charge in [0.05, 0.1) is 23.4 Å². The molecule has 3 rings (SSSR count). The van der Waals surface area contributed by atoms with Crippen LogP contribution in [-0.2, 0) is 0 Å². The summed E-state index contributed by atoms with van der Waals surface area (Å²) in [5.74, 6) is -0.415. The first-order chi connectivity index (χ1) is 10.2. The van der Waals surface area contributed by atoms with E-state index < -0.39 is 5.78 Å². The molecular weight excluding hydrogens is 288 g/mol. The van der Waals surface area contributed by atoms with E-state index in [1.807, 2.05) is 0 Å². The Balaban J connectivity index is 2.47. The lowest BCUT2D eigenvalue weighted by Crippen LogP contribution is -2.15. The number of nitrogens with zero attached hydrogens (tertiary/aromatic N) is 4. The predicted molar refractivity (Wildman–Crippen MR) is 75.9 cm³/mol. The highest BCUT2D eigenvalue weighted by atomic mass is 35.5. The standard InChI is InChI=1S/C15H5ClN4O/c1-18-11(6-17)12-10-5-8(16)7-20-14(10)13-9(15(12)21)3-2-4-19-13/h2-5,7H/b12-11-. The molecule has 1 aliphatic rings. The molecule has 0 amide bonds. The summed E-state index contributed by atoms with van der Waals surface area (Å²) < 4.78 is 0. The summed E-state index contributed by atoms with van der Waals surface area (Å²) >= 11 is 5.93. The minimum absolute atomic E-state index is 0.0259. The van der Waals surface area contributed by atoms with E-state index in [0.717, 1.165) is 0 Å². The van der Waals surface area contributed by atoms with Gasteiger partial charge in [0.15, 0.2) is 5.78 Å². The molecule has 0 saturated heterocycles. The van der Waals surface area contributed by atoms with Gasteiger partial charge >= 0.3 is 0 Å². The molecule has 6 heteroatoms. The van der Waals surface area contributed by atoms with Crippen molar-refractivity contribution in [1.82, 2.24) is 9.97 Å². The largest absolute Gasteiger partial charge is 0.290 e. The number of pyridine rings is 2. The van der Waals surface area contributed by atoms with Crippen LogP contribution < -0.4 is 0 Å². The van der Waals surface area contributed by atoms with Crippen LogP contribution in [0.2, 0.25) is 5.02 Å². The van der Waals surface area contributed by atoms with Gasteiger partial charge in [-0.15, -0.1) is 0 Å². The summed E-state index contributed by atoms with van der Waals surface area (Å²) in [5.41, 5.74) is 1.32. The molecule has 0 radical (unpaired) electrons. The van der Waals surface area contributed by atoms with Gasteiger partial charge in [0.2, 0.25) is 0 Å². The topological polar surface area (TPSA) is 71.0 Å². The van der Waals surface area contributed by atoms with Gasteiger partial charge in [-0.25, -0.2) is 10.1 Å². The molecule has 2 aromatic rings. The number of halogens is 1. The van der Waals surface area contributed by atoms with Crippen LogP contribution in [0.4, 0.5) is 0 Å². The Bertz CT molecular complexity index is 887. The minimum Gasteiger partial charge on any atom is -0.290 e. The number of aromatic nitrogens is 2. The summed E-state index contributed by atoms with van der Waals surface area (Å²) in [6.45, 7) is 7.09. The van der Waals surface area contributed by atoms with Crippen molar-refractivity contribution in [1.29, 1.82) is 5.26 Å². The Morgan fingerprint density at radius 1 is 1.33 bits per heavy atom. The summed E-state index contributed by atoms with van der Waals surface area (Å²) in [6, 6.07) is 6.51. The normalized spacial score (nSPS) is 14.5. The van der Waals surface area contributed by atoms with Gasteiger partial charge in [0, 0.05) is 29.1 Å². The average molecular weight is 293 g/mol. The number of rotatable bonds is 0. The number of carbonyl (C=O) groups excluding carboxylic acids is 1. The lowest BCUT2D eigenvalue weighted by Gasteiger charge is -2.19. The van der Waals surface area contributed by atoms with Crippen molar-refractivity contribution in [2.45, 2.75) is 0 Å². The molecule has 0 saturated carbocycles. The molecule has 98 valence electrons. The SMILES string of the molecule is [C-]#[N+]/C(C#N)=C1\C(=O)c2cccnc2-c2ncc(Cl)cc21. The van der Waals surface area contributed by atoms with E-state index in [4.69, 9.17) is 23.4 Å². The molecule has 1 aliphatic carbocycles. The van der Waals surface area contributed by atoms with E-state index in [-0.39, 0.29) is 11.3 Å². The molecule has 0 unspecified atom stereocenters. The summed E-state index contributed by atoms with van der Waals surface area (Å²) in [7, 11) is 0. The number of Topliss-reactive ketones (excluding diaryl/α,β-unsaturated/α-hetero) is 1. The van der Waals surface area contributed by atoms with Crippen LogP contribution in [0, 0.1) is 17.9 Å². The smallest absolute Gasteiger partial charge is 0.273 e. The highest BCUT2D eigenvalue weighted by Gasteiger charge is 2.31. The second-order valence-corrected chi connectivity index (χ2v) is 4.66. The fourth-order valence-electron chi connectivity index (χ4n) is 2.22. The second-order valence-electron chi connectivity index (χ2n) is 4.23. The minimum atomic E-state index is -0.415. The Kier molecular flexibility index (Phi) is 2.98. The van der Waals surface area contributed by atoms with Gasteiger partial charge in [-0.3, -0.25) is 14.8 Å². The maximum absolute atomic E-state index is 12.6. The Hall–Kier alpha value is -3.02. The molecule has 0 aliphatic heterocycles. The molecule has 0 fully saturated rings. The quantitative estimate of drug-likeness (QED) is 0.425. The average Bonchev–Trinajstić information content (AvgIpc) is 2.51. The van der Waals surface area contributed by atoms with Crippen LogP contribution >= 0.6 is 11.6 Å². The summed E-state index contributed by atoms with van der Waals surface area (Å²) in [5, 5.41) is 9.42. The monoisotopic (exact) mass is 292 g/mol. The molecule has 2 aromatic heterocycles. The molecule has 2 heterocycles. The Morgan fingerprint density at radius 3 is 2.81 bits per heavy atom. The highest BCUT2D eigenvalue weighted by molar-refractivity contribution is 6.36. The van der Waals surface area contributed by atoms with Crippen LogP contribution in [-0.4, -0.2) is 15.8 Å². The first-order valence-electron chi connectivity index (χ1n) is 5.85. The highest BCUT2D eigenvalue weighted by Crippen LogP contribution is 2.39. The van der Waals surface area contributed by atoms with Crippen LogP contribution in [0.15, 0.2) is 36.3 Å². The zero-order valence-corrected chi connectivity index (χ0v) is 11.2. The molecule has 0 N–H and O–H groups in total. The third-order valence-electron chi connectivity index (χ3n) is 3.08. The lowest BCUT2D eigenvalue weighted by atomic mass is 9.86. The third kappa shape index (κ3) is 1.88. The molecule has 0 aromatic carbocycles. The first-order valence-corrected chi connectivity index (χ1v) is 6.23. The number of allylic oxidation sites excluding steroid dienone is 2. The van der Waals surface area contributed by atoms with E-state index in [1.165, 1.54) is 12.3 Å². The summed E-state index contributed by atoms with van der Waals surface area (Å²) in [4.78, 5) is 24.1.